The number of hydroxylamine groups is 1. The van der Waals surface area contributed by atoms with Gasteiger partial charge in [-0.25, -0.2) is 13.2 Å². The maximum Gasteiger partial charge on any atom is 0.411 e. The van der Waals surface area contributed by atoms with E-state index in [0.29, 0.717) is 5.56 Å². The lowest BCUT2D eigenvalue weighted by molar-refractivity contribution is -0.388. The van der Waals surface area contributed by atoms with Crippen molar-refractivity contribution in [3.63, 3.8) is 0 Å². The number of rotatable bonds is 7. The van der Waals surface area contributed by atoms with E-state index < -0.39 is 49.3 Å². The van der Waals surface area contributed by atoms with Gasteiger partial charge in [-0.3, -0.25) is 19.9 Å². The molecule has 0 saturated carbocycles. The fraction of sp³-hybridized carbons (Fsp3) is 0.417. The van der Waals surface area contributed by atoms with E-state index >= 15 is 0 Å². The molecule has 1 saturated heterocycles. The van der Waals surface area contributed by atoms with Gasteiger partial charge in [0.15, 0.2) is 4.90 Å². The molecule has 1 amide bonds. The molecule has 0 aliphatic carbocycles. The van der Waals surface area contributed by atoms with Gasteiger partial charge in [0.1, 0.15) is 11.6 Å². The first kappa shape index (κ1) is 27.1. The number of carbonyl (C=O) groups is 1. The van der Waals surface area contributed by atoms with Crippen LogP contribution < -0.4 is 0 Å². The van der Waals surface area contributed by atoms with Crippen molar-refractivity contribution in [3.8, 4) is 6.07 Å². The Morgan fingerprint density at radius 3 is 2.42 bits per heavy atom. The second-order valence-electron chi connectivity index (χ2n) is 9.25. The number of amides is 1. The molecule has 0 radical (unpaired) electrons. The predicted molar refractivity (Wildman–Crippen MR) is 129 cm³/mol. The Bertz CT molecular complexity index is 1240. The van der Waals surface area contributed by atoms with Gasteiger partial charge in [0.25, 0.3) is 15.7 Å². The second-order valence-corrected chi connectivity index (χ2v) is 11.0. The number of sulfonamides is 1. The van der Waals surface area contributed by atoms with E-state index in [0.717, 1.165) is 16.6 Å². The van der Waals surface area contributed by atoms with Crippen LogP contribution in [0.1, 0.15) is 39.2 Å². The molecule has 1 aliphatic heterocycles. The summed E-state index contributed by atoms with van der Waals surface area (Å²) in [6.45, 7) is 4.72. The third kappa shape index (κ3) is 6.37. The van der Waals surface area contributed by atoms with E-state index in [-0.39, 0.29) is 26.0 Å². The number of hydrogen-bond acceptors (Lipinski definition) is 8. The van der Waals surface area contributed by atoms with E-state index in [1.807, 2.05) is 0 Å². The highest BCUT2D eigenvalue weighted by Crippen LogP contribution is 2.32. The van der Waals surface area contributed by atoms with Crippen molar-refractivity contribution in [1.29, 1.82) is 5.26 Å². The maximum absolute atomic E-state index is 13.7. The number of nitrogens with zero attached hydrogens (tertiary/aromatic N) is 4. The van der Waals surface area contributed by atoms with Crippen molar-refractivity contribution in [2.75, 3.05) is 6.54 Å². The molecule has 1 aliphatic rings. The lowest BCUT2D eigenvalue weighted by atomic mass is 10.00. The van der Waals surface area contributed by atoms with Gasteiger partial charge in [0.2, 0.25) is 0 Å². The molecule has 11 nitrogen and oxygen atoms in total. The second kappa shape index (κ2) is 11.0. The number of nitro benzene ring substituents is 1. The molecule has 1 heterocycles. The first-order chi connectivity index (χ1) is 16.9. The molecule has 36 heavy (non-hydrogen) atoms. The SMILES string of the molecule is CC(C)(C)OC(=O)N1C[C@H](N(OCc2ccccc2)S(=O)(=O)c2ccccc2[N+](=O)[O-])CC[C@H]1C#N. The summed E-state index contributed by atoms with van der Waals surface area (Å²) in [6.07, 6.45) is -0.408. The smallest absolute Gasteiger partial charge is 0.411 e. The number of nitriles is 1. The van der Waals surface area contributed by atoms with Crippen LogP contribution in [0.3, 0.4) is 0 Å². The van der Waals surface area contributed by atoms with Gasteiger partial charge in [-0.1, -0.05) is 46.9 Å². The summed E-state index contributed by atoms with van der Waals surface area (Å²) in [5.74, 6) is 0. The highest BCUT2D eigenvalue weighted by molar-refractivity contribution is 7.89. The van der Waals surface area contributed by atoms with E-state index in [1.54, 1.807) is 51.1 Å². The number of likely N-dealkylation sites (tertiary alicyclic amines) is 1. The van der Waals surface area contributed by atoms with E-state index in [2.05, 4.69) is 6.07 Å². The maximum atomic E-state index is 13.7. The molecule has 192 valence electrons. The summed E-state index contributed by atoms with van der Waals surface area (Å²) in [4.78, 5) is 30.1. The molecule has 12 heteroatoms. The Labute approximate surface area is 210 Å². The minimum atomic E-state index is -4.55. The number of piperidine rings is 1. The first-order valence-electron chi connectivity index (χ1n) is 11.3. The van der Waals surface area contributed by atoms with Gasteiger partial charge in [-0.05, 0) is 45.2 Å². The molecule has 0 N–H and O–H groups in total. The molecule has 2 atom stereocenters. The van der Waals surface area contributed by atoms with Crippen LogP contribution in [0.25, 0.3) is 0 Å². The lowest BCUT2D eigenvalue weighted by Gasteiger charge is -2.40. The van der Waals surface area contributed by atoms with Crippen LogP contribution in [0.2, 0.25) is 0 Å². The zero-order chi connectivity index (χ0) is 26.5. The minimum Gasteiger partial charge on any atom is -0.444 e. The standard InChI is InChI=1S/C24H28N4O7S/c1-24(2,3)35-23(29)26-16-20(14-13-19(26)15-25)28(34-17-18-9-5-4-6-10-18)36(32,33)22-12-8-7-11-21(22)27(30)31/h4-12,19-20H,13-14,16-17H2,1-3H3/t19-,20+/m0/s1. The minimum absolute atomic E-state index is 0.134. The van der Waals surface area contributed by atoms with Crippen molar-refractivity contribution in [2.45, 2.75) is 62.8 Å². The summed E-state index contributed by atoms with van der Waals surface area (Å²) in [5.41, 5.74) is -0.750. The highest BCUT2D eigenvalue weighted by atomic mass is 32.2. The molecule has 3 rings (SSSR count). The van der Waals surface area contributed by atoms with E-state index in [9.17, 15) is 28.6 Å². The fourth-order valence-corrected chi connectivity index (χ4v) is 5.39. The highest BCUT2D eigenvalue weighted by Gasteiger charge is 2.43. The summed E-state index contributed by atoms with van der Waals surface area (Å²) in [6, 6.07) is 14.1. The molecular formula is C24H28N4O7S. The van der Waals surface area contributed by atoms with Crippen LogP contribution >= 0.6 is 0 Å². The Morgan fingerprint density at radius 2 is 1.81 bits per heavy atom. The number of carbonyl (C=O) groups excluding carboxylic acids is 1. The quantitative estimate of drug-likeness (QED) is 0.397. The topological polar surface area (TPSA) is 143 Å². The molecule has 2 aromatic rings. The predicted octanol–water partition coefficient (Wildman–Crippen LogP) is 4.01. The van der Waals surface area contributed by atoms with Crippen LogP contribution in [0.5, 0.6) is 0 Å². The third-order valence-electron chi connectivity index (χ3n) is 5.41. The number of para-hydroxylation sites is 1. The average molecular weight is 517 g/mol. The van der Waals surface area contributed by atoms with Gasteiger partial charge in [-0.15, -0.1) is 0 Å². The Kier molecular flexibility index (Phi) is 8.29. The number of nitro groups is 1. The van der Waals surface area contributed by atoms with Crippen molar-refractivity contribution in [2.24, 2.45) is 0 Å². The Balaban J connectivity index is 1.99. The lowest BCUT2D eigenvalue weighted by Crippen LogP contribution is -2.55. The zero-order valence-electron chi connectivity index (χ0n) is 20.2. The third-order valence-corrected chi connectivity index (χ3v) is 7.19. The Hall–Kier alpha value is -3.53. The molecule has 0 aromatic heterocycles. The van der Waals surface area contributed by atoms with Gasteiger partial charge in [0.05, 0.1) is 23.6 Å². The van der Waals surface area contributed by atoms with Crippen molar-refractivity contribution >= 4 is 21.8 Å². The zero-order valence-corrected chi connectivity index (χ0v) is 21.1. The van der Waals surface area contributed by atoms with Crippen LogP contribution in [-0.2, 0) is 26.2 Å². The Morgan fingerprint density at radius 1 is 1.17 bits per heavy atom. The molecule has 0 bridgehead atoms. The van der Waals surface area contributed by atoms with Crippen molar-refractivity contribution in [3.05, 3.63) is 70.3 Å². The molecule has 2 aromatic carbocycles. The summed E-state index contributed by atoms with van der Waals surface area (Å²) < 4.78 is 33.6. The van der Waals surface area contributed by atoms with Gasteiger partial charge in [0, 0.05) is 12.6 Å². The van der Waals surface area contributed by atoms with Crippen molar-refractivity contribution < 1.29 is 27.7 Å². The van der Waals surface area contributed by atoms with Gasteiger partial charge >= 0.3 is 6.09 Å². The molecule has 1 fully saturated rings. The molecule has 0 unspecified atom stereocenters. The fourth-order valence-electron chi connectivity index (χ4n) is 3.79. The largest absolute Gasteiger partial charge is 0.444 e. The average Bonchev–Trinajstić information content (AvgIpc) is 2.83. The van der Waals surface area contributed by atoms with Gasteiger partial charge in [-0.2, -0.15) is 5.26 Å². The number of benzene rings is 2. The monoisotopic (exact) mass is 516 g/mol. The van der Waals surface area contributed by atoms with E-state index in [4.69, 9.17) is 9.57 Å². The molecule has 0 spiro atoms. The molecular weight excluding hydrogens is 488 g/mol. The van der Waals surface area contributed by atoms with E-state index in [1.165, 1.54) is 17.0 Å². The van der Waals surface area contributed by atoms with Crippen LogP contribution in [0.15, 0.2) is 59.5 Å². The summed E-state index contributed by atoms with van der Waals surface area (Å²) >= 11 is 0. The first-order valence-corrected chi connectivity index (χ1v) is 12.7. The van der Waals surface area contributed by atoms with Crippen LogP contribution in [0, 0.1) is 21.4 Å². The number of ether oxygens (including phenoxy) is 1. The van der Waals surface area contributed by atoms with Crippen LogP contribution in [0.4, 0.5) is 10.5 Å². The normalized spacial score (nSPS) is 18.5. The summed E-state index contributed by atoms with van der Waals surface area (Å²) in [5, 5.41) is 21.2. The van der Waals surface area contributed by atoms with Crippen molar-refractivity contribution in [1.82, 2.24) is 9.37 Å². The summed E-state index contributed by atoms with van der Waals surface area (Å²) in [7, 11) is -4.55. The van der Waals surface area contributed by atoms with Gasteiger partial charge < -0.3 is 4.74 Å². The number of hydrogen-bond donors (Lipinski definition) is 0. The van der Waals surface area contributed by atoms with Crippen LogP contribution in [-0.4, -0.2) is 53.0 Å².